The first-order valence-corrected chi connectivity index (χ1v) is 9.46. The maximum atomic E-state index is 12.4. The van der Waals surface area contributed by atoms with E-state index in [1.54, 1.807) is 25.3 Å². The average Bonchev–Trinajstić information content (AvgIpc) is 3.40. The number of nitrogens with zero attached hydrogens (tertiary/aromatic N) is 3. The van der Waals surface area contributed by atoms with Crippen molar-refractivity contribution in [2.45, 2.75) is 26.3 Å². The van der Waals surface area contributed by atoms with Crippen molar-refractivity contribution in [3.8, 4) is 0 Å². The first-order valence-electron chi connectivity index (χ1n) is 9.46. The predicted molar refractivity (Wildman–Crippen MR) is 108 cm³/mol. The van der Waals surface area contributed by atoms with Gasteiger partial charge in [-0.25, -0.2) is 9.97 Å². The third-order valence-corrected chi connectivity index (χ3v) is 4.68. The number of benzene rings is 1. The van der Waals surface area contributed by atoms with Gasteiger partial charge in [0.25, 0.3) is 5.91 Å². The lowest BCUT2D eigenvalue weighted by atomic mass is 10.2. The van der Waals surface area contributed by atoms with Gasteiger partial charge in [0.15, 0.2) is 0 Å². The molecule has 0 atom stereocenters. The molecule has 7 heteroatoms. The molecule has 3 aromatic rings. The molecule has 1 saturated heterocycles. The van der Waals surface area contributed by atoms with Gasteiger partial charge in [0.1, 0.15) is 23.1 Å². The van der Waals surface area contributed by atoms with E-state index in [-0.39, 0.29) is 5.91 Å². The van der Waals surface area contributed by atoms with Crippen LogP contribution in [0.1, 0.15) is 34.9 Å². The number of carbonyl (C=O) groups is 1. The van der Waals surface area contributed by atoms with Gasteiger partial charge in [-0.1, -0.05) is 0 Å². The highest BCUT2D eigenvalue weighted by Crippen LogP contribution is 2.23. The monoisotopic (exact) mass is 377 g/mol. The Hall–Kier alpha value is -3.35. The van der Waals surface area contributed by atoms with Crippen LogP contribution in [0.15, 0.2) is 53.1 Å². The largest absolute Gasteiger partial charge is 0.467 e. The van der Waals surface area contributed by atoms with Crippen LogP contribution in [0.5, 0.6) is 0 Å². The highest BCUT2D eigenvalue weighted by atomic mass is 16.3. The Labute approximate surface area is 163 Å². The fraction of sp³-hybridized carbons (Fsp3) is 0.286. The molecule has 7 nitrogen and oxygen atoms in total. The molecular formula is C21H23N5O2. The second-order valence-corrected chi connectivity index (χ2v) is 6.81. The Bertz CT molecular complexity index is 932. The smallest absolute Gasteiger partial charge is 0.270 e. The lowest BCUT2D eigenvalue weighted by molar-refractivity contribution is 0.0942. The SMILES string of the molecule is Cc1nc(Nc2ccc(N3CCCC3)cc2)cc(C(=O)NCc2ccco2)n1. The summed E-state index contributed by atoms with van der Waals surface area (Å²) in [4.78, 5) is 23.4. The van der Waals surface area contributed by atoms with Gasteiger partial charge in [-0.3, -0.25) is 4.79 Å². The number of amides is 1. The fourth-order valence-corrected chi connectivity index (χ4v) is 3.30. The molecule has 0 saturated carbocycles. The molecule has 0 radical (unpaired) electrons. The Morgan fingerprint density at radius 3 is 2.64 bits per heavy atom. The standard InChI is InChI=1S/C21H23N5O2/c1-15-23-19(21(27)22-14-18-5-4-12-28-18)13-20(24-15)25-16-6-8-17(9-7-16)26-10-2-3-11-26/h4-9,12-13H,2-3,10-11,14H2,1H3,(H,22,27)(H,23,24,25). The number of carbonyl (C=O) groups excluding carboxylic acids is 1. The first-order chi connectivity index (χ1) is 13.7. The van der Waals surface area contributed by atoms with Crippen LogP contribution in [0.4, 0.5) is 17.2 Å². The van der Waals surface area contributed by atoms with Gasteiger partial charge in [-0.15, -0.1) is 0 Å². The lowest BCUT2D eigenvalue weighted by Gasteiger charge is -2.18. The van der Waals surface area contributed by atoms with Crippen LogP contribution in [-0.2, 0) is 6.54 Å². The quantitative estimate of drug-likeness (QED) is 0.682. The molecule has 0 bridgehead atoms. The maximum absolute atomic E-state index is 12.4. The topological polar surface area (TPSA) is 83.3 Å². The molecule has 28 heavy (non-hydrogen) atoms. The summed E-state index contributed by atoms with van der Waals surface area (Å²) in [6.07, 6.45) is 4.09. The van der Waals surface area contributed by atoms with Crippen molar-refractivity contribution in [3.63, 3.8) is 0 Å². The molecule has 1 amide bonds. The van der Waals surface area contributed by atoms with Crippen molar-refractivity contribution in [2.24, 2.45) is 0 Å². The molecule has 144 valence electrons. The molecule has 3 heterocycles. The minimum absolute atomic E-state index is 0.269. The first kappa shape index (κ1) is 18.0. The highest BCUT2D eigenvalue weighted by molar-refractivity contribution is 5.93. The average molecular weight is 377 g/mol. The van der Waals surface area contributed by atoms with Crippen molar-refractivity contribution >= 4 is 23.1 Å². The number of aromatic nitrogens is 2. The van der Waals surface area contributed by atoms with Crippen LogP contribution < -0.4 is 15.5 Å². The van der Waals surface area contributed by atoms with Gasteiger partial charge in [0, 0.05) is 30.5 Å². The number of hydrogen-bond donors (Lipinski definition) is 2. The van der Waals surface area contributed by atoms with Gasteiger partial charge >= 0.3 is 0 Å². The van der Waals surface area contributed by atoms with Gasteiger partial charge in [0.05, 0.1) is 12.8 Å². The summed E-state index contributed by atoms with van der Waals surface area (Å²) in [5.74, 6) is 1.54. The number of furan rings is 1. The normalized spacial score (nSPS) is 13.5. The zero-order valence-corrected chi connectivity index (χ0v) is 15.8. The molecule has 1 aliphatic rings. The summed E-state index contributed by atoms with van der Waals surface area (Å²) < 4.78 is 5.23. The van der Waals surface area contributed by atoms with Crippen LogP contribution in [-0.4, -0.2) is 29.0 Å². The summed E-state index contributed by atoms with van der Waals surface area (Å²) in [6, 6.07) is 13.5. The van der Waals surface area contributed by atoms with E-state index in [4.69, 9.17) is 4.42 Å². The number of aryl methyl sites for hydroxylation is 1. The van der Waals surface area contributed by atoms with E-state index in [9.17, 15) is 4.79 Å². The van der Waals surface area contributed by atoms with E-state index in [2.05, 4.69) is 37.6 Å². The Balaban J connectivity index is 1.43. The van der Waals surface area contributed by atoms with Gasteiger partial charge in [-0.2, -0.15) is 0 Å². The predicted octanol–water partition coefficient (Wildman–Crippen LogP) is 3.65. The van der Waals surface area contributed by atoms with E-state index in [0.717, 1.165) is 18.8 Å². The van der Waals surface area contributed by atoms with Gasteiger partial charge in [-0.05, 0) is 56.2 Å². The molecule has 1 aliphatic heterocycles. The molecule has 0 spiro atoms. The summed E-state index contributed by atoms with van der Waals surface area (Å²) in [5, 5.41) is 6.06. The summed E-state index contributed by atoms with van der Waals surface area (Å²) in [6.45, 7) is 4.32. The Morgan fingerprint density at radius 1 is 1.14 bits per heavy atom. The van der Waals surface area contributed by atoms with E-state index in [1.807, 2.05) is 18.2 Å². The van der Waals surface area contributed by atoms with E-state index < -0.39 is 0 Å². The summed E-state index contributed by atoms with van der Waals surface area (Å²) >= 11 is 0. The molecule has 2 N–H and O–H groups in total. The third kappa shape index (κ3) is 4.31. The lowest BCUT2D eigenvalue weighted by Crippen LogP contribution is -2.24. The van der Waals surface area contributed by atoms with Crippen LogP contribution in [0.3, 0.4) is 0 Å². The number of anilines is 3. The van der Waals surface area contributed by atoms with E-state index >= 15 is 0 Å². The van der Waals surface area contributed by atoms with Crippen LogP contribution in [0.2, 0.25) is 0 Å². The van der Waals surface area contributed by atoms with Crippen molar-refractivity contribution in [1.29, 1.82) is 0 Å². The molecule has 0 unspecified atom stereocenters. The van der Waals surface area contributed by atoms with Crippen molar-refractivity contribution in [2.75, 3.05) is 23.3 Å². The zero-order chi connectivity index (χ0) is 19.3. The van der Waals surface area contributed by atoms with E-state index in [1.165, 1.54) is 18.5 Å². The number of rotatable bonds is 6. The van der Waals surface area contributed by atoms with Crippen molar-refractivity contribution in [1.82, 2.24) is 15.3 Å². The van der Waals surface area contributed by atoms with Crippen molar-refractivity contribution < 1.29 is 9.21 Å². The maximum Gasteiger partial charge on any atom is 0.270 e. The van der Waals surface area contributed by atoms with Crippen LogP contribution in [0, 0.1) is 6.92 Å². The summed E-state index contributed by atoms with van der Waals surface area (Å²) in [5.41, 5.74) is 2.47. The third-order valence-electron chi connectivity index (χ3n) is 4.68. The Morgan fingerprint density at radius 2 is 1.93 bits per heavy atom. The minimum atomic E-state index is -0.269. The highest BCUT2D eigenvalue weighted by Gasteiger charge is 2.13. The molecule has 1 aromatic carbocycles. The van der Waals surface area contributed by atoms with Gasteiger partial charge < -0.3 is 20.0 Å². The minimum Gasteiger partial charge on any atom is -0.467 e. The van der Waals surface area contributed by atoms with Crippen LogP contribution >= 0.6 is 0 Å². The zero-order valence-electron chi connectivity index (χ0n) is 15.8. The van der Waals surface area contributed by atoms with Crippen molar-refractivity contribution in [3.05, 3.63) is 66.0 Å². The van der Waals surface area contributed by atoms with E-state index in [0.29, 0.717) is 29.6 Å². The molecule has 0 aliphatic carbocycles. The number of hydrogen-bond acceptors (Lipinski definition) is 6. The molecule has 1 fully saturated rings. The Kier molecular flexibility index (Phi) is 5.23. The fourth-order valence-electron chi connectivity index (χ4n) is 3.30. The molecule has 2 aromatic heterocycles. The van der Waals surface area contributed by atoms with Gasteiger partial charge in [0.2, 0.25) is 0 Å². The summed E-state index contributed by atoms with van der Waals surface area (Å²) in [7, 11) is 0. The second-order valence-electron chi connectivity index (χ2n) is 6.81. The molecule has 4 rings (SSSR count). The molecular weight excluding hydrogens is 354 g/mol. The van der Waals surface area contributed by atoms with Crippen LogP contribution in [0.25, 0.3) is 0 Å². The second kappa shape index (κ2) is 8.12. The number of nitrogens with one attached hydrogen (secondary N) is 2.